The molecule has 2 N–H and O–H groups in total. The number of benzene rings is 1. The number of hydrogen-bond donors (Lipinski definition) is 1. The van der Waals surface area contributed by atoms with Crippen LogP contribution in [0.5, 0.6) is 6.01 Å². The first-order valence-corrected chi connectivity index (χ1v) is 12.9. The fraction of sp³-hybridized carbons (Fsp3) is 0.321. The molecule has 0 saturated carbocycles. The first-order valence-electron chi connectivity index (χ1n) is 12.5. The number of likely N-dealkylation sites (tertiary alicyclic amines) is 1. The number of nitrogen functional groups attached to an aromatic ring is 1. The lowest BCUT2D eigenvalue weighted by Gasteiger charge is -2.40. The molecule has 206 valence electrons. The van der Waals surface area contributed by atoms with E-state index < -0.39 is 5.82 Å². The van der Waals surface area contributed by atoms with Crippen molar-refractivity contribution in [2.75, 3.05) is 65.1 Å². The van der Waals surface area contributed by atoms with Crippen LogP contribution in [0.3, 0.4) is 0 Å². The zero-order chi connectivity index (χ0) is 28.6. The van der Waals surface area contributed by atoms with E-state index in [2.05, 4.69) is 31.8 Å². The van der Waals surface area contributed by atoms with Crippen molar-refractivity contribution in [1.29, 1.82) is 0 Å². The summed E-state index contributed by atoms with van der Waals surface area (Å²) in [6.07, 6.45) is 1.52. The van der Waals surface area contributed by atoms with Crippen molar-refractivity contribution in [3.05, 3.63) is 41.3 Å². The van der Waals surface area contributed by atoms with Gasteiger partial charge in [0.2, 0.25) is 0 Å². The second-order valence-electron chi connectivity index (χ2n) is 9.95. The van der Waals surface area contributed by atoms with Gasteiger partial charge in [0.15, 0.2) is 5.82 Å². The molecule has 0 unspecified atom stereocenters. The number of halogens is 2. The number of nitrogens with zero attached hydrogens (tertiary/aromatic N) is 7. The van der Waals surface area contributed by atoms with Crippen molar-refractivity contribution in [2.24, 2.45) is 5.92 Å². The SMILES string of the molecule is COc1nc(N(C)CC2CN(C(=O)C#CCN(C)C)C2)c2cnc(-c3nc(N)cc4cccc(Cl)c34)c(F)c2n1. The van der Waals surface area contributed by atoms with Crippen LogP contribution in [0.15, 0.2) is 30.5 Å². The van der Waals surface area contributed by atoms with Crippen LogP contribution in [0.2, 0.25) is 5.02 Å². The first kappa shape index (κ1) is 27.3. The molecule has 1 aliphatic heterocycles. The fourth-order valence-corrected chi connectivity index (χ4v) is 4.98. The second-order valence-corrected chi connectivity index (χ2v) is 10.4. The zero-order valence-electron chi connectivity index (χ0n) is 22.6. The van der Waals surface area contributed by atoms with Gasteiger partial charge in [-0.1, -0.05) is 29.7 Å². The summed E-state index contributed by atoms with van der Waals surface area (Å²) in [6, 6.07) is 7.00. The van der Waals surface area contributed by atoms with E-state index in [1.54, 1.807) is 23.1 Å². The molecule has 1 saturated heterocycles. The number of rotatable bonds is 6. The molecule has 5 rings (SSSR count). The topological polar surface area (TPSA) is 114 Å². The maximum Gasteiger partial charge on any atom is 0.318 e. The number of ether oxygens (including phenoxy) is 1. The molecule has 0 spiro atoms. The van der Waals surface area contributed by atoms with Gasteiger partial charge < -0.3 is 20.3 Å². The van der Waals surface area contributed by atoms with E-state index in [4.69, 9.17) is 22.1 Å². The number of nitrogens with two attached hydrogens (primary N) is 1. The summed E-state index contributed by atoms with van der Waals surface area (Å²) in [6.45, 7) is 2.25. The Bertz CT molecular complexity index is 1680. The minimum atomic E-state index is -0.691. The first-order chi connectivity index (χ1) is 19.2. The Hall–Kier alpha value is -4.27. The van der Waals surface area contributed by atoms with Gasteiger partial charge in [-0.15, -0.1) is 0 Å². The number of carbonyl (C=O) groups is 1. The van der Waals surface area contributed by atoms with Crippen molar-refractivity contribution in [2.45, 2.75) is 0 Å². The maximum absolute atomic E-state index is 16.1. The lowest BCUT2D eigenvalue weighted by atomic mass is 9.99. The number of hydrogen-bond acceptors (Lipinski definition) is 9. The Kier molecular flexibility index (Phi) is 7.56. The van der Waals surface area contributed by atoms with Crippen LogP contribution in [0.4, 0.5) is 16.0 Å². The van der Waals surface area contributed by atoms with E-state index in [0.29, 0.717) is 53.2 Å². The number of fused-ring (bicyclic) bond motifs is 2. The average molecular weight is 563 g/mol. The molecule has 4 aromatic rings. The predicted molar refractivity (Wildman–Crippen MR) is 154 cm³/mol. The maximum atomic E-state index is 16.1. The highest BCUT2D eigenvalue weighted by Gasteiger charge is 2.31. The highest BCUT2D eigenvalue weighted by Crippen LogP contribution is 2.37. The number of methoxy groups -OCH3 is 1. The number of carbonyl (C=O) groups excluding carboxylic acids is 1. The molecule has 0 radical (unpaired) electrons. The van der Waals surface area contributed by atoms with Crippen molar-refractivity contribution < 1.29 is 13.9 Å². The molecule has 1 aliphatic rings. The summed E-state index contributed by atoms with van der Waals surface area (Å²) in [7, 11) is 7.06. The van der Waals surface area contributed by atoms with Gasteiger partial charge in [-0.2, -0.15) is 9.97 Å². The minimum Gasteiger partial charge on any atom is -0.467 e. The largest absolute Gasteiger partial charge is 0.467 e. The van der Waals surface area contributed by atoms with Crippen LogP contribution in [-0.4, -0.2) is 90.1 Å². The van der Waals surface area contributed by atoms with Gasteiger partial charge in [-0.05, 0) is 37.5 Å². The standard InChI is InChI=1S/C28H28ClFN8O2/c1-36(2)10-6-9-21(39)38-14-16(15-38)13-37(3)27-18-12-32-26(23(30)24(18)34-28(35-27)40-4)25-22-17(11-20(31)33-25)7-5-8-19(22)29/h5,7-8,11-12,16H,10,13-15H2,1-4H3,(H2,31,33). The molecule has 3 aromatic heterocycles. The summed E-state index contributed by atoms with van der Waals surface area (Å²) < 4.78 is 21.4. The van der Waals surface area contributed by atoms with Gasteiger partial charge in [-0.3, -0.25) is 14.7 Å². The van der Waals surface area contributed by atoms with Crippen LogP contribution in [-0.2, 0) is 4.79 Å². The molecule has 0 aliphatic carbocycles. The van der Waals surface area contributed by atoms with E-state index in [1.807, 2.05) is 37.0 Å². The predicted octanol–water partition coefficient (Wildman–Crippen LogP) is 3.08. The van der Waals surface area contributed by atoms with E-state index in [1.165, 1.54) is 13.3 Å². The van der Waals surface area contributed by atoms with Gasteiger partial charge in [0.25, 0.3) is 5.91 Å². The number of anilines is 2. The van der Waals surface area contributed by atoms with Crippen LogP contribution in [0.25, 0.3) is 33.1 Å². The normalized spacial score (nSPS) is 13.3. The van der Waals surface area contributed by atoms with E-state index in [0.717, 1.165) is 0 Å². The Morgan fingerprint density at radius 3 is 2.73 bits per heavy atom. The van der Waals surface area contributed by atoms with Gasteiger partial charge in [0, 0.05) is 44.2 Å². The molecule has 1 amide bonds. The van der Waals surface area contributed by atoms with Crippen molar-refractivity contribution in [3.8, 4) is 29.2 Å². The summed E-state index contributed by atoms with van der Waals surface area (Å²) in [5.41, 5.74) is 6.25. The summed E-state index contributed by atoms with van der Waals surface area (Å²) >= 11 is 6.47. The van der Waals surface area contributed by atoms with Crippen LogP contribution >= 0.6 is 11.6 Å². The minimum absolute atomic E-state index is 0.00963. The molecule has 1 fully saturated rings. The summed E-state index contributed by atoms with van der Waals surface area (Å²) in [5.74, 6) is 5.54. The molecule has 4 heterocycles. The van der Waals surface area contributed by atoms with E-state index >= 15 is 4.39 Å². The van der Waals surface area contributed by atoms with E-state index in [9.17, 15) is 4.79 Å². The third kappa shape index (κ3) is 5.28. The van der Waals surface area contributed by atoms with Crippen molar-refractivity contribution in [3.63, 3.8) is 0 Å². The number of pyridine rings is 2. The van der Waals surface area contributed by atoms with Crippen LogP contribution < -0.4 is 15.4 Å². The highest BCUT2D eigenvalue weighted by atomic mass is 35.5. The Morgan fingerprint density at radius 1 is 1.23 bits per heavy atom. The van der Waals surface area contributed by atoms with Crippen LogP contribution in [0, 0.1) is 23.6 Å². The zero-order valence-corrected chi connectivity index (χ0v) is 23.3. The Balaban J connectivity index is 1.45. The van der Waals surface area contributed by atoms with E-state index in [-0.39, 0.29) is 40.6 Å². The number of amides is 1. The van der Waals surface area contributed by atoms with Crippen molar-refractivity contribution in [1.82, 2.24) is 29.7 Å². The third-order valence-electron chi connectivity index (χ3n) is 6.61. The Labute approximate surface area is 235 Å². The average Bonchev–Trinajstić information content (AvgIpc) is 2.89. The monoisotopic (exact) mass is 562 g/mol. The molecular formula is C28H28ClFN8O2. The quantitative estimate of drug-likeness (QED) is 0.354. The number of aromatic nitrogens is 4. The van der Waals surface area contributed by atoms with Gasteiger partial charge in [0.1, 0.15) is 28.5 Å². The Morgan fingerprint density at radius 2 is 2.00 bits per heavy atom. The lowest BCUT2D eigenvalue weighted by molar-refractivity contribution is -0.130. The van der Waals surface area contributed by atoms with Crippen LogP contribution in [0.1, 0.15) is 0 Å². The second kappa shape index (κ2) is 11.1. The van der Waals surface area contributed by atoms with Gasteiger partial charge in [0.05, 0.1) is 24.1 Å². The smallest absolute Gasteiger partial charge is 0.318 e. The third-order valence-corrected chi connectivity index (χ3v) is 6.92. The molecule has 40 heavy (non-hydrogen) atoms. The molecule has 0 atom stereocenters. The molecular weight excluding hydrogens is 535 g/mol. The molecule has 0 bridgehead atoms. The van der Waals surface area contributed by atoms with Gasteiger partial charge >= 0.3 is 6.01 Å². The molecule has 1 aromatic carbocycles. The summed E-state index contributed by atoms with van der Waals surface area (Å²) in [4.78, 5) is 35.4. The molecule has 12 heteroatoms. The highest BCUT2D eigenvalue weighted by molar-refractivity contribution is 6.36. The lowest BCUT2D eigenvalue weighted by Crippen LogP contribution is -2.53. The molecule has 10 nitrogen and oxygen atoms in total. The summed E-state index contributed by atoms with van der Waals surface area (Å²) in [5, 5.41) is 2.07. The fourth-order valence-electron chi connectivity index (χ4n) is 4.71. The van der Waals surface area contributed by atoms with Crippen molar-refractivity contribution >= 4 is 50.8 Å². The van der Waals surface area contributed by atoms with Gasteiger partial charge in [-0.25, -0.2) is 9.37 Å².